The average Bonchev–Trinajstić information content (AvgIpc) is 3.00. The number of carbonyl (C=O) groups is 1. The van der Waals surface area contributed by atoms with Crippen molar-refractivity contribution < 1.29 is 19.4 Å². The van der Waals surface area contributed by atoms with Crippen molar-refractivity contribution in [3.63, 3.8) is 0 Å². The summed E-state index contributed by atoms with van der Waals surface area (Å²) in [5.41, 5.74) is 1.79. The summed E-state index contributed by atoms with van der Waals surface area (Å²) in [6.07, 6.45) is 0.122. The molecule has 1 N–H and O–H groups in total. The molecular weight excluding hydrogens is 316 g/mol. The van der Waals surface area contributed by atoms with Crippen molar-refractivity contribution in [2.24, 2.45) is 0 Å². The smallest absolute Gasteiger partial charge is 0.304 e. The van der Waals surface area contributed by atoms with E-state index in [9.17, 15) is 4.79 Å². The molecule has 0 saturated carbocycles. The number of benzene rings is 1. The van der Waals surface area contributed by atoms with Gasteiger partial charge >= 0.3 is 5.97 Å². The van der Waals surface area contributed by atoms with Crippen molar-refractivity contribution in [3.8, 4) is 22.1 Å². The zero-order chi connectivity index (χ0) is 16.8. The fraction of sp³-hybridized carbons (Fsp3) is 0.375. The second-order valence-electron chi connectivity index (χ2n) is 5.07. The third-order valence-corrected chi connectivity index (χ3v) is 4.25. The minimum absolute atomic E-state index is 0.122. The van der Waals surface area contributed by atoms with Crippen molar-refractivity contribution in [1.82, 2.24) is 9.88 Å². The van der Waals surface area contributed by atoms with Gasteiger partial charge in [-0.1, -0.05) is 6.07 Å². The Morgan fingerprint density at radius 3 is 2.78 bits per heavy atom. The van der Waals surface area contributed by atoms with E-state index < -0.39 is 5.97 Å². The molecular formula is C16H20N2O4S. The summed E-state index contributed by atoms with van der Waals surface area (Å²) in [6.45, 7) is 1.10. The highest BCUT2D eigenvalue weighted by molar-refractivity contribution is 7.13. The molecule has 7 heteroatoms. The summed E-state index contributed by atoms with van der Waals surface area (Å²) >= 11 is 1.53. The molecule has 0 atom stereocenters. The quantitative estimate of drug-likeness (QED) is 0.799. The van der Waals surface area contributed by atoms with Crippen LogP contribution in [0.15, 0.2) is 23.6 Å². The van der Waals surface area contributed by atoms with Crippen LogP contribution < -0.4 is 9.47 Å². The maximum absolute atomic E-state index is 10.6. The van der Waals surface area contributed by atoms with Crippen LogP contribution in [-0.4, -0.2) is 48.8 Å². The molecule has 0 fully saturated rings. The Morgan fingerprint density at radius 1 is 1.35 bits per heavy atom. The number of thiazole rings is 1. The minimum atomic E-state index is -0.795. The van der Waals surface area contributed by atoms with Crippen LogP contribution in [-0.2, 0) is 11.3 Å². The van der Waals surface area contributed by atoms with Crippen LogP contribution in [0.5, 0.6) is 11.5 Å². The molecule has 0 aliphatic rings. The van der Waals surface area contributed by atoms with E-state index in [1.165, 1.54) is 11.3 Å². The molecule has 0 aliphatic carbocycles. The first-order chi connectivity index (χ1) is 11.0. The van der Waals surface area contributed by atoms with Gasteiger partial charge in [-0.05, 0) is 19.2 Å². The van der Waals surface area contributed by atoms with E-state index in [1.54, 1.807) is 14.2 Å². The first-order valence-electron chi connectivity index (χ1n) is 7.11. The van der Waals surface area contributed by atoms with Crippen molar-refractivity contribution in [2.75, 3.05) is 27.8 Å². The lowest BCUT2D eigenvalue weighted by Gasteiger charge is -2.13. The predicted octanol–water partition coefficient (Wildman–Crippen LogP) is 2.73. The van der Waals surface area contributed by atoms with E-state index in [4.69, 9.17) is 14.6 Å². The Bertz CT molecular complexity index is 672. The van der Waals surface area contributed by atoms with Crippen molar-refractivity contribution >= 4 is 17.3 Å². The SMILES string of the molecule is COc1cccc(-c2nc(CN(C)CCC(=O)O)cs2)c1OC. The van der Waals surface area contributed by atoms with Gasteiger partial charge in [0.05, 0.1) is 31.9 Å². The number of carboxylic acids is 1. The molecule has 6 nitrogen and oxygen atoms in total. The molecule has 0 radical (unpaired) electrons. The second-order valence-corrected chi connectivity index (χ2v) is 5.92. The minimum Gasteiger partial charge on any atom is -0.493 e. The van der Waals surface area contributed by atoms with Gasteiger partial charge in [0.2, 0.25) is 0 Å². The van der Waals surface area contributed by atoms with Crippen LogP contribution in [0.25, 0.3) is 10.6 Å². The molecule has 0 bridgehead atoms. The molecule has 2 rings (SSSR count). The average molecular weight is 336 g/mol. The molecule has 1 aromatic heterocycles. The predicted molar refractivity (Wildman–Crippen MR) is 89.2 cm³/mol. The number of rotatable bonds is 8. The number of para-hydroxylation sites is 1. The molecule has 124 valence electrons. The summed E-state index contributed by atoms with van der Waals surface area (Å²) in [5.74, 6) is 0.535. The lowest BCUT2D eigenvalue weighted by molar-refractivity contribution is -0.137. The van der Waals surface area contributed by atoms with Crippen molar-refractivity contribution in [1.29, 1.82) is 0 Å². The second kappa shape index (κ2) is 7.94. The highest BCUT2D eigenvalue weighted by atomic mass is 32.1. The molecule has 0 unspecified atom stereocenters. The van der Waals surface area contributed by atoms with E-state index in [2.05, 4.69) is 4.98 Å². The molecule has 2 aromatic rings. The summed E-state index contributed by atoms with van der Waals surface area (Å²) in [4.78, 5) is 17.2. The summed E-state index contributed by atoms with van der Waals surface area (Å²) < 4.78 is 10.8. The van der Waals surface area contributed by atoms with Gasteiger partial charge in [-0.3, -0.25) is 9.69 Å². The monoisotopic (exact) mass is 336 g/mol. The topological polar surface area (TPSA) is 71.9 Å². The number of methoxy groups -OCH3 is 2. The van der Waals surface area contributed by atoms with Gasteiger partial charge in [0.15, 0.2) is 11.5 Å². The van der Waals surface area contributed by atoms with Crippen molar-refractivity contribution in [2.45, 2.75) is 13.0 Å². The fourth-order valence-electron chi connectivity index (χ4n) is 2.20. The van der Waals surface area contributed by atoms with Gasteiger partial charge in [0.1, 0.15) is 5.01 Å². The van der Waals surface area contributed by atoms with Gasteiger partial charge in [0, 0.05) is 18.5 Å². The van der Waals surface area contributed by atoms with E-state index in [-0.39, 0.29) is 6.42 Å². The zero-order valence-corrected chi connectivity index (χ0v) is 14.2. The molecule has 0 aliphatic heterocycles. The molecule has 23 heavy (non-hydrogen) atoms. The largest absolute Gasteiger partial charge is 0.493 e. The third kappa shape index (κ3) is 4.43. The summed E-state index contributed by atoms with van der Waals surface area (Å²) in [5, 5.41) is 11.5. The molecule has 0 amide bonds. The highest BCUT2D eigenvalue weighted by Crippen LogP contribution is 2.38. The van der Waals surface area contributed by atoms with Crippen LogP contribution in [0.2, 0.25) is 0 Å². The summed E-state index contributed by atoms with van der Waals surface area (Å²) in [6, 6.07) is 5.69. The normalized spacial score (nSPS) is 10.8. The van der Waals surface area contributed by atoms with E-state index in [0.29, 0.717) is 24.6 Å². The molecule has 0 spiro atoms. The van der Waals surface area contributed by atoms with E-state index in [0.717, 1.165) is 16.3 Å². The van der Waals surface area contributed by atoms with E-state index in [1.807, 2.05) is 35.5 Å². The highest BCUT2D eigenvalue weighted by Gasteiger charge is 2.15. The first-order valence-corrected chi connectivity index (χ1v) is 7.99. The molecule has 0 saturated heterocycles. The van der Waals surface area contributed by atoms with Gasteiger partial charge in [0.25, 0.3) is 0 Å². The maximum atomic E-state index is 10.6. The third-order valence-electron chi connectivity index (χ3n) is 3.32. The summed E-state index contributed by atoms with van der Waals surface area (Å²) in [7, 11) is 5.09. The van der Waals surface area contributed by atoms with Gasteiger partial charge in [-0.25, -0.2) is 4.98 Å². The van der Waals surface area contributed by atoms with E-state index >= 15 is 0 Å². The van der Waals surface area contributed by atoms with Crippen LogP contribution in [0.4, 0.5) is 0 Å². The Hall–Kier alpha value is -2.12. The number of nitrogens with zero attached hydrogens (tertiary/aromatic N) is 2. The number of hydrogen-bond acceptors (Lipinski definition) is 6. The van der Waals surface area contributed by atoms with Gasteiger partial charge < -0.3 is 14.6 Å². The number of ether oxygens (including phenoxy) is 2. The van der Waals surface area contributed by atoms with Gasteiger partial charge in [-0.2, -0.15) is 0 Å². The first kappa shape index (κ1) is 17.2. The fourth-order valence-corrected chi connectivity index (χ4v) is 3.03. The lowest BCUT2D eigenvalue weighted by Crippen LogP contribution is -2.21. The van der Waals surface area contributed by atoms with Crippen LogP contribution >= 0.6 is 11.3 Å². The zero-order valence-electron chi connectivity index (χ0n) is 13.4. The van der Waals surface area contributed by atoms with Gasteiger partial charge in [-0.15, -0.1) is 11.3 Å². The van der Waals surface area contributed by atoms with Crippen LogP contribution in [0.1, 0.15) is 12.1 Å². The van der Waals surface area contributed by atoms with Crippen LogP contribution in [0, 0.1) is 0 Å². The Labute approximate surface area is 139 Å². The number of carboxylic acid groups (broad SMARTS) is 1. The molecule has 1 aromatic carbocycles. The standard InChI is InChI=1S/C16H20N2O4S/c1-18(8-7-14(19)20)9-11-10-23-16(17-11)12-5-4-6-13(21-2)15(12)22-3/h4-6,10H,7-9H2,1-3H3,(H,19,20). The number of aliphatic carboxylic acids is 1. The Morgan fingerprint density at radius 2 is 2.13 bits per heavy atom. The number of hydrogen-bond donors (Lipinski definition) is 1. The van der Waals surface area contributed by atoms with Crippen molar-refractivity contribution in [3.05, 3.63) is 29.3 Å². The van der Waals surface area contributed by atoms with Crippen LogP contribution in [0.3, 0.4) is 0 Å². The maximum Gasteiger partial charge on any atom is 0.304 e. The molecule has 1 heterocycles. The Kier molecular flexibility index (Phi) is 5.95. The lowest BCUT2D eigenvalue weighted by atomic mass is 10.2. The Balaban J connectivity index is 2.15. The number of aromatic nitrogens is 1.